The Kier molecular flexibility index (Phi) is 5.94. The van der Waals surface area contributed by atoms with Gasteiger partial charge in [0.25, 0.3) is 5.56 Å². The molecule has 2 aromatic heterocycles. The van der Waals surface area contributed by atoms with Gasteiger partial charge in [-0.3, -0.25) is 9.59 Å². The molecule has 3 aromatic rings. The fraction of sp³-hybridized carbons (Fsp3) is 0.478. The number of fused-ring (bicyclic) bond motifs is 3. The summed E-state index contributed by atoms with van der Waals surface area (Å²) in [6.45, 7) is 6.56. The van der Waals surface area contributed by atoms with E-state index in [1.807, 2.05) is 0 Å². The van der Waals surface area contributed by atoms with Crippen molar-refractivity contribution in [3.8, 4) is 11.5 Å². The first kappa shape index (κ1) is 22.3. The van der Waals surface area contributed by atoms with Crippen LogP contribution in [-0.2, 0) is 24.2 Å². The van der Waals surface area contributed by atoms with Crippen molar-refractivity contribution in [1.82, 2.24) is 15.0 Å². The Morgan fingerprint density at radius 3 is 2.53 bits per heavy atom. The van der Waals surface area contributed by atoms with E-state index in [-0.39, 0.29) is 23.4 Å². The molecular weight excluding hydrogens is 428 g/mol. The first-order valence-electron chi connectivity index (χ1n) is 10.6. The summed E-state index contributed by atoms with van der Waals surface area (Å²) >= 11 is 1.56. The lowest BCUT2D eigenvalue weighted by atomic mass is 9.72. The van der Waals surface area contributed by atoms with E-state index in [4.69, 9.17) is 9.47 Å². The van der Waals surface area contributed by atoms with Crippen LogP contribution in [0.25, 0.3) is 10.2 Å². The van der Waals surface area contributed by atoms with Crippen molar-refractivity contribution in [2.24, 2.45) is 11.3 Å². The van der Waals surface area contributed by atoms with Gasteiger partial charge >= 0.3 is 0 Å². The number of hydrogen-bond donors (Lipinski definition) is 1. The number of carbonyl (C=O) groups excluding carboxylic acids is 1. The Bertz CT molecular complexity index is 1200. The molecule has 9 heteroatoms. The van der Waals surface area contributed by atoms with E-state index in [2.05, 4.69) is 36.4 Å². The zero-order chi connectivity index (χ0) is 23.0. The van der Waals surface area contributed by atoms with Crippen LogP contribution in [-0.4, -0.2) is 35.1 Å². The van der Waals surface area contributed by atoms with Crippen LogP contribution in [0.1, 0.15) is 37.6 Å². The first-order valence-corrected chi connectivity index (χ1v) is 11.4. The number of carbonyl (C=O) groups is 1. The molecule has 0 spiro atoms. The molecule has 8 nitrogen and oxygen atoms in total. The number of amides is 1. The molecule has 0 fully saturated rings. The number of aryl methyl sites for hydroxylation is 1. The monoisotopic (exact) mass is 456 g/mol. The van der Waals surface area contributed by atoms with E-state index >= 15 is 0 Å². The lowest BCUT2D eigenvalue weighted by Gasteiger charge is -2.33. The van der Waals surface area contributed by atoms with E-state index in [0.717, 1.165) is 29.5 Å². The molecule has 1 N–H and O–H groups in total. The van der Waals surface area contributed by atoms with Crippen molar-refractivity contribution >= 4 is 33.1 Å². The Hall–Kier alpha value is -2.94. The number of thiophene rings is 1. The fourth-order valence-corrected chi connectivity index (χ4v) is 5.42. The van der Waals surface area contributed by atoms with Crippen molar-refractivity contribution in [2.45, 2.75) is 46.6 Å². The number of hydrogen-bond acceptors (Lipinski definition) is 7. The second-order valence-corrected chi connectivity index (χ2v) is 10.3. The Morgan fingerprint density at radius 2 is 1.91 bits per heavy atom. The lowest BCUT2D eigenvalue weighted by molar-refractivity contribution is -0.117. The van der Waals surface area contributed by atoms with Crippen LogP contribution < -0.4 is 20.3 Å². The van der Waals surface area contributed by atoms with Gasteiger partial charge in [-0.25, -0.2) is 4.68 Å². The maximum atomic E-state index is 13.2. The molecule has 0 radical (unpaired) electrons. The van der Waals surface area contributed by atoms with Crippen LogP contribution in [0.5, 0.6) is 11.5 Å². The molecule has 0 saturated carbocycles. The predicted molar refractivity (Wildman–Crippen MR) is 125 cm³/mol. The van der Waals surface area contributed by atoms with Gasteiger partial charge in [0.1, 0.15) is 18.0 Å². The number of anilines is 1. The van der Waals surface area contributed by atoms with Crippen molar-refractivity contribution < 1.29 is 14.3 Å². The summed E-state index contributed by atoms with van der Waals surface area (Å²) in [6, 6.07) is 5.07. The maximum absolute atomic E-state index is 13.2. The van der Waals surface area contributed by atoms with Crippen LogP contribution in [0.3, 0.4) is 0 Å². The number of aromatic nitrogens is 3. The number of ether oxygens (including phenoxy) is 2. The summed E-state index contributed by atoms with van der Waals surface area (Å²) in [6.07, 6.45) is 2.85. The van der Waals surface area contributed by atoms with Crippen LogP contribution in [0, 0.1) is 11.3 Å². The lowest BCUT2D eigenvalue weighted by Crippen LogP contribution is -2.31. The molecule has 1 aromatic carbocycles. The van der Waals surface area contributed by atoms with Gasteiger partial charge in [-0.1, -0.05) is 26.0 Å². The largest absolute Gasteiger partial charge is 0.497 e. The van der Waals surface area contributed by atoms with Crippen molar-refractivity contribution in [3.05, 3.63) is 39.0 Å². The number of methoxy groups -OCH3 is 2. The minimum Gasteiger partial charge on any atom is -0.497 e. The van der Waals surface area contributed by atoms with Gasteiger partial charge in [-0.05, 0) is 36.2 Å². The number of rotatable bonds is 5. The van der Waals surface area contributed by atoms with Gasteiger partial charge in [0.05, 0.1) is 19.6 Å². The van der Waals surface area contributed by atoms with Gasteiger partial charge in [0.15, 0.2) is 4.83 Å². The molecule has 1 atom stereocenters. The van der Waals surface area contributed by atoms with Gasteiger partial charge in [0, 0.05) is 28.8 Å². The van der Waals surface area contributed by atoms with E-state index in [9.17, 15) is 9.59 Å². The SMILES string of the molecule is COc1cc(NC(=O)Cn2nnc3sc4c(c3c2=O)CCC(C(C)(C)C)C4)cc(OC)c1. The highest BCUT2D eigenvalue weighted by molar-refractivity contribution is 7.18. The van der Waals surface area contributed by atoms with E-state index in [0.29, 0.717) is 33.3 Å². The third-order valence-electron chi connectivity index (χ3n) is 6.09. The highest BCUT2D eigenvalue weighted by atomic mass is 32.1. The second-order valence-electron chi connectivity index (χ2n) is 9.19. The topological polar surface area (TPSA) is 95.3 Å². The molecule has 1 aliphatic rings. The molecule has 170 valence electrons. The van der Waals surface area contributed by atoms with E-state index in [1.54, 1.807) is 29.5 Å². The second kappa shape index (κ2) is 8.54. The minimum absolute atomic E-state index is 0.223. The quantitative estimate of drug-likeness (QED) is 0.630. The molecule has 2 heterocycles. The summed E-state index contributed by atoms with van der Waals surface area (Å²) in [5.41, 5.74) is 1.55. The standard InChI is InChI=1S/C23H28N4O4S/c1-23(2,3)13-6-7-17-18(8-13)32-21-20(17)22(29)27(26-25-21)12-19(28)24-14-9-15(30-4)11-16(10-14)31-5/h9-11,13H,6-8,12H2,1-5H3,(H,24,28). The van der Waals surface area contributed by atoms with E-state index in [1.165, 1.54) is 19.1 Å². The molecule has 0 bridgehead atoms. The van der Waals surface area contributed by atoms with Gasteiger partial charge < -0.3 is 14.8 Å². The highest BCUT2D eigenvalue weighted by Crippen LogP contribution is 2.41. The van der Waals surface area contributed by atoms with Crippen LogP contribution in [0.2, 0.25) is 0 Å². The van der Waals surface area contributed by atoms with Gasteiger partial charge in [-0.15, -0.1) is 16.4 Å². The summed E-state index contributed by atoms with van der Waals surface area (Å²) in [5, 5.41) is 11.7. The fourth-order valence-electron chi connectivity index (χ4n) is 4.19. The molecule has 1 amide bonds. The maximum Gasteiger partial charge on any atom is 0.279 e. The zero-order valence-electron chi connectivity index (χ0n) is 19.0. The third kappa shape index (κ3) is 4.34. The summed E-state index contributed by atoms with van der Waals surface area (Å²) in [5.74, 6) is 1.30. The van der Waals surface area contributed by atoms with E-state index < -0.39 is 0 Å². The average molecular weight is 457 g/mol. The molecule has 0 aliphatic heterocycles. The molecular formula is C23H28N4O4S. The molecule has 1 unspecified atom stereocenters. The van der Waals surface area contributed by atoms with Crippen LogP contribution in [0.4, 0.5) is 5.69 Å². The first-order chi connectivity index (χ1) is 15.2. The summed E-state index contributed by atoms with van der Waals surface area (Å²) in [7, 11) is 3.08. The minimum atomic E-state index is -0.382. The Balaban J connectivity index is 1.58. The molecule has 1 aliphatic carbocycles. The van der Waals surface area contributed by atoms with Crippen molar-refractivity contribution in [1.29, 1.82) is 0 Å². The van der Waals surface area contributed by atoms with Crippen molar-refractivity contribution in [2.75, 3.05) is 19.5 Å². The van der Waals surface area contributed by atoms with Crippen molar-refractivity contribution in [3.63, 3.8) is 0 Å². The number of nitrogens with zero attached hydrogens (tertiary/aromatic N) is 3. The highest BCUT2D eigenvalue weighted by Gasteiger charge is 2.32. The normalized spacial score (nSPS) is 16.0. The van der Waals surface area contributed by atoms with Crippen LogP contribution in [0.15, 0.2) is 23.0 Å². The van der Waals surface area contributed by atoms with Gasteiger partial charge in [-0.2, -0.15) is 0 Å². The van der Waals surface area contributed by atoms with Gasteiger partial charge in [0.2, 0.25) is 5.91 Å². The number of nitrogens with one attached hydrogen (secondary N) is 1. The molecule has 32 heavy (non-hydrogen) atoms. The summed E-state index contributed by atoms with van der Waals surface area (Å²) < 4.78 is 11.6. The predicted octanol–water partition coefficient (Wildman–Crippen LogP) is 3.66. The number of benzene rings is 1. The average Bonchev–Trinajstić information content (AvgIpc) is 3.13. The third-order valence-corrected chi connectivity index (χ3v) is 7.23. The Morgan fingerprint density at radius 1 is 1.22 bits per heavy atom. The summed E-state index contributed by atoms with van der Waals surface area (Å²) in [4.78, 5) is 27.7. The molecule has 4 rings (SSSR count). The zero-order valence-corrected chi connectivity index (χ0v) is 19.8. The molecule has 0 saturated heterocycles. The smallest absolute Gasteiger partial charge is 0.279 e. The Labute approximate surface area is 190 Å². The van der Waals surface area contributed by atoms with Crippen LogP contribution >= 0.6 is 11.3 Å².